The minimum absolute atomic E-state index is 0.152. The Morgan fingerprint density at radius 2 is 1.53 bits per heavy atom. The number of ether oxygens (including phenoxy) is 2. The molecule has 0 unspecified atom stereocenters. The van der Waals surface area contributed by atoms with Crippen molar-refractivity contribution >= 4 is 11.0 Å². The SMILES string of the molecule is O=c1c(O)c(-c2cc(O)c(O)c(O)c2)oc2cc(O[C@@H]3O[C@H](CO)[C@@H](O)[C@@H]3O)cc(O)c12. The van der Waals surface area contributed by atoms with Crippen LogP contribution in [0.2, 0.25) is 0 Å². The van der Waals surface area contributed by atoms with Crippen LogP contribution in [-0.4, -0.2) is 72.1 Å². The van der Waals surface area contributed by atoms with Crippen molar-refractivity contribution in [1.82, 2.24) is 0 Å². The van der Waals surface area contributed by atoms with Crippen LogP contribution in [0.4, 0.5) is 0 Å². The lowest BCUT2D eigenvalue weighted by molar-refractivity contribution is -0.116. The molecular weight excluding hydrogens is 432 g/mol. The standard InChI is InChI=1S/C20H18O12/c21-5-12-15(26)18(29)20(32-12)30-7-3-8(22)13-11(4-7)31-19(17(28)16(13)27)6-1-9(23)14(25)10(24)2-6/h1-4,12,15,18,20-26,28-29H,5H2/t12-,15-,18+,20-/m1/s1. The van der Waals surface area contributed by atoms with E-state index < -0.39 is 76.5 Å². The van der Waals surface area contributed by atoms with Crippen LogP contribution >= 0.6 is 0 Å². The predicted molar refractivity (Wildman–Crippen MR) is 105 cm³/mol. The largest absolute Gasteiger partial charge is 0.507 e. The van der Waals surface area contributed by atoms with Crippen LogP contribution in [0.25, 0.3) is 22.3 Å². The number of aliphatic hydroxyl groups is 3. The molecule has 0 spiro atoms. The Kier molecular flexibility index (Phi) is 5.22. The highest BCUT2D eigenvalue weighted by atomic mass is 16.7. The third kappa shape index (κ3) is 3.40. The van der Waals surface area contributed by atoms with Gasteiger partial charge in [0, 0.05) is 17.7 Å². The van der Waals surface area contributed by atoms with Gasteiger partial charge in [-0.25, -0.2) is 0 Å². The minimum Gasteiger partial charge on any atom is -0.507 e. The quantitative estimate of drug-likeness (QED) is 0.243. The second kappa shape index (κ2) is 7.76. The van der Waals surface area contributed by atoms with E-state index in [0.717, 1.165) is 24.3 Å². The maximum Gasteiger partial charge on any atom is 0.238 e. The first-order chi connectivity index (χ1) is 15.1. The Balaban J connectivity index is 1.80. The highest BCUT2D eigenvalue weighted by molar-refractivity contribution is 5.88. The monoisotopic (exact) mass is 450 g/mol. The molecule has 0 amide bonds. The Morgan fingerprint density at radius 1 is 0.875 bits per heavy atom. The molecule has 0 saturated carbocycles. The van der Waals surface area contributed by atoms with Crippen LogP contribution in [-0.2, 0) is 4.74 Å². The summed E-state index contributed by atoms with van der Waals surface area (Å²) in [5.74, 6) is -4.52. The molecule has 4 rings (SSSR count). The van der Waals surface area contributed by atoms with Crippen LogP contribution in [0.3, 0.4) is 0 Å². The van der Waals surface area contributed by atoms with Crippen LogP contribution in [0.15, 0.2) is 33.5 Å². The van der Waals surface area contributed by atoms with Crippen LogP contribution in [0.1, 0.15) is 0 Å². The molecule has 1 fully saturated rings. The molecule has 12 heteroatoms. The van der Waals surface area contributed by atoms with Gasteiger partial charge in [0.2, 0.25) is 17.5 Å². The van der Waals surface area contributed by atoms with Crippen molar-refractivity contribution in [3.05, 3.63) is 34.5 Å². The molecule has 1 aromatic heterocycles. The summed E-state index contributed by atoms with van der Waals surface area (Å²) >= 11 is 0. The summed E-state index contributed by atoms with van der Waals surface area (Å²) in [5, 5.41) is 78.0. The zero-order valence-electron chi connectivity index (χ0n) is 16.0. The molecule has 0 radical (unpaired) electrons. The number of fused-ring (bicyclic) bond motifs is 1. The van der Waals surface area contributed by atoms with E-state index in [-0.39, 0.29) is 16.9 Å². The molecule has 1 aliphatic rings. The summed E-state index contributed by atoms with van der Waals surface area (Å²) in [6, 6.07) is 3.98. The Morgan fingerprint density at radius 3 is 2.12 bits per heavy atom. The Labute approximate surface area is 178 Å². The topological polar surface area (TPSA) is 211 Å². The summed E-state index contributed by atoms with van der Waals surface area (Å²) in [6.45, 7) is -0.578. The maximum atomic E-state index is 12.6. The molecule has 12 nitrogen and oxygen atoms in total. The Hall–Kier alpha value is -3.71. The van der Waals surface area contributed by atoms with E-state index in [9.17, 15) is 40.5 Å². The van der Waals surface area contributed by atoms with E-state index in [1.807, 2.05) is 0 Å². The lowest BCUT2D eigenvalue weighted by Crippen LogP contribution is -2.35. The first kappa shape index (κ1) is 21.5. The predicted octanol–water partition coefficient (Wildman–Crippen LogP) is -0.194. The van der Waals surface area contributed by atoms with Gasteiger partial charge < -0.3 is 54.7 Å². The van der Waals surface area contributed by atoms with Gasteiger partial charge in [0.25, 0.3) is 0 Å². The Bertz CT molecular complexity index is 1230. The number of benzene rings is 2. The first-order valence-electron chi connectivity index (χ1n) is 9.19. The average molecular weight is 450 g/mol. The molecule has 3 aromatic rings. The molecule has 0 aliphatic carbocycles. The molecule has 1 aliphatic heterocycles. The number of hydrogen-bond donors (Lipinski definition) is 8. The van der Waals surface area contributed by atoms with Crippen LogP contribution < -0.4 is 10.2 Å². The second-order valence-corrected chi connectivity index (χ2v) is 7.11. The smallest absolute Gasteiger partial charge is 0.238 e. The summed E-state index contributed by atoms with van der Waals surface area (Å²) in [6.07, 6.45) is -5.45. The molecule has 4 atom stereocenters. The van der Waals surface area contributed by atoms with E-state index in [0.29, 0.717) is 0 Å². The summed E-state index contributed by atoms with van der Waals surface area (Å²) < 4.78 is 16.1. The van der Waals surface area contributed by atoms with Gasteiger partial charge in [-0.2, -0.15) is 0 Å². The van der Waals surface area contributed by atoms with Crippen molar-refractivity contribution < 1.29 is 54.7 Å². The fourth-order valence-electron chi connectivity index (χ4n) is 3.36. The lowest BCUT2D eigenvalue weighted by atomic mass is 10.1. The first-order valence-corrected chi connectivity index (χ1v) is 9.19. The normalized spacial score (nSPS) is 23.0. The van der Waals surface area contributed by atoms with Crippen molar-refractivity contribution in [2.75, 3.05) is 6.61 Å². The van der Waals surface area contributed by atoms with Crippen molar-refractivity contribution in [3.8, 4) is 45.8 Å². The highest BCUT2D eigenvalue weighted by Gasteiger charge is 2.44. The third-order valence-corrected chi connectivity index (χ3v) is 5.01. The van der Waals surface area contributed by atoms with Crippen LogP contribution in [0, 0.1) is 0 Å². The van der Waals surface area contributed by atoms with E-state index in [1.54, 1.807) is 0 Å². The molecule has 0 bridgehead atoms. The molecule has 2 aromatic carbocycles. The highest BCUT2D eigenvalue weighted by Crippen LogP contribution is 2.42. The van der Waals surface area contributed by atoms with E-state index in [2.05, 4.69) is 0 Å². The number of phenols is 4. The summed E-state index contributed by atoms with van der Waals surface area (Å²) in [4.78, 5) is 12.6. The average Bonchev–Trinajstić information content (AvgIpc) is 3.01. The number of aliphatic hydroxyl groups excluding tert-OH is 3. The van der Waals surface area contributed by atoms with Gasteiger partial charge in [0.05, 0.1) is 6.61 Å². The minimum atomic E-state index is -1.52. The van der Waals surface area contributed by atoms with Crippen molar-refractivity contribution in [2.45, 2.75) is 24.6 Å². The molecule has 32 heavy (non-hydrogen) atoms. The second-order valence-electron chi connectivity index (χ2n) is 7.11. The lowest BCUT2D eigenvalue weighted by Gasteiger charge is -2.17. The summed E-state index contributed by atoms with van der Waals surface area (Å²) in [5.41, 5.74) is -1.48. The fraction of sp³-hybridized carbons (Fsp3) is 0.250. The van der Waals surface area contributed by atoms with E-state index in [1.165, 1.54) is 0 Å². The van der Waals surface area contributed by atoms with Gasteiger partial charge in [0.15, 0.2) is 23.0 Å². The number of aromatic hydroxyl groups is 5. The molecule has 8 N–H and O–H groups in total. The van der Waals surface area contributed by atoms with Gasteiger partial charge in [-0.05, 0) is 12.1 Å². The molecule has 1 saturated heterocycles. The van der Waals surface area contributed by atoms with Gasteiger partial charge in [-0.1, -0.05) is 0 Å². The van der Waals surface area contributed by atoms with E-state index >= 15 is 0 Å². The third-order valence-electron chi connectivity index (χ3n) is 5.01. The zero-order chi connectivity index (χ0) is 23.3. The summed E-state index contributed by atoms with van der Waals surface area (Å²) in [7, 11) is 0. The van der Waals surface area contributed by atoms with E-state index in [4.69, 9.17) is 19.0 Å². The number of hydrogen-bond acceptors (Lipinski definition) is 12. The van der Waals surface area contributed by atoms with Crippen molar-refractivity contribution in [3.63, 3.8) is 0 Å². The maximum absolute atomic E-state index is 12.6. The van der Waals surface area contributed by atoms with Crippen molar-refractivity contribution in [1.29, 1.82) is 0 Å². The van der Waals surface area contributed by atoms with Gasteiger partial charge in [0.1, 0.15) is 40.8 Å². The van der Waals surface area contributed by atoms with Gasteiger partial charge in [-0.15, -0.1) is 0 Å². The zero-order valence-corrected chi connectivity index (χ0v) is 16.0. The van der Waals surface area contributed by atoms with Gasteiger partial charge in [-0.3, -0.25) is 4.79 Å². The number of phenolic OH excluding ortho intramolecular Hbond substituents is 4. The molecular formula is C20H18O12. The molecule has 2 heterocycles. The van der Waals surface area contributed by atoms with Crippen molar-refractivity contribution in [2.24, 2.45) is 0 Å². The fourth-order valence-corrected chi connectivity index (χ4v) is 3.36. The number of rotatable bonds is 4. The van der Waals surface area contributed by atoms with Gasteiger partial charge >= 0.3 is 0 Å². The van der Waals surface area contributed by atoms with Crippen LogP contribution in [0.5, 0.6) is 34.5 Å². The molecule has 170 valence electrons.